The standard InChI is InChI=1S/C25H30N4O3/c1-18-27-24(15-25(28-18)32-23-9-7-22(31-2)8-10-23)26-16-19-3-5-21(6-4-19)29-13-11-20(17-30)12-14-29/h3-10,15,20,30H,11-14,16-17H2,1-2H3,(H,26,27,28). The summed E-state index contributed by atoms with van der Waals surface area (Å²) in [5.74, 6) is 3.76. The first-order valence-corrected chi connectivity index (χ1v) is 11.0. The number of benzene rings is 2. The summed E-state index contributed by atoms with van der Waals surface area (Å²) in [5, 5.41) is 12.7. The van der Waals surface area contributed by atoms with Crippen molar-refractivity contribution in [1.29, 1.82) is 0 Å². The number of aliphatic hydroxyl groups excluding tert-OH is 1. The zero-order chi connectivity index (χ0) is 22.3. The molecule has 7 heteroatoms. The molecule has 0 unspecified atom stereocenters. The summed E-state index contributed by atoms with van der Waals surface area (Å²) in [5.41, 5.74) is 2.41. The van der Waals surface area contributed by atoms with E-state index in [9.17, 15) is 5.11 Å². The largest absolute Gasteiger partial charge is 0.497 e. The molecule has 1 aromatic heterocycles. The lowest BCUT2D eigenvalue weighted by Crippen LogP contribution is -2.34. The van der Waals surface area contributed by atoms with Gasteiger partial charge in [-0.3, -0.25) is 0 Å². The van der Waals surface area contributed by atoms with Crippen LogP contribution in [0, 0.1) is 12.8 Å². The minimum absolute atomic E-state index is 0.299. The van der Waals surface area contributed by atoms with Crippen molar-refractivity contribution in [3.05, 3.63) is 66.0 Å². The number of aliphatic hydroxyl groups is 1. The minimum atomic E-state index is 0.299. The van der Waals surface area contributed by atoms with Crippen LogP contribution in [0.3, 0.4) is 0 Å². The Labute approximate surface area is 189 Å². The molecule has 0 spiro atoms. The number of aromatic nitrogens is 2. The van der Waals surface area contributed by atoms with Gasteiger partial charge in [-0.25, -0.2) is 4.98 Å². The van der Waals surface area contributed by atoms with Gasteiger partial charge in [0.15, 0.2) is 0 Å². The molecule has 2 N–H and O–H groups in total. The lowest BCUT2D eigenvalue weighted by molar-refractivity contribution is 0.203. The van der Waals surface area contributed by atoms with Crippen LogP contribution in [0.2, 0.25) is 0 Å². The second-order valence-corrected chi connectivity index (χ2v) is 8.05. The van der Waals surface area contributed by atoms with Gasteiger partial charge in [-0.15, -0.1) is 0 Å². The highest BCUT2D eigenvalue weighted by Gasteiger charge is 2.18. The van der Waals surface area contributed by atoms with Gasteiger partial charge >= 0.3 is 0 Å². The molecule has 3 aromatic rings. The average Bonchev–Trinajstić information content (AvgIpc) is 2.83. The Kier molecular flexibility index (Phi) is 7.07. The third-order valence-electron chi connectivity index (χ3n) is 5.74. The van der Waals surface area contributed by atoms with Gasteiger partial charge in [0.2, 0.25) is 5.88 Å². The predicted molar refractivity (Wildman–Crippen MR) is 126 cm³/mol. The van der Waals surface area contributed by atoms with Crippen molar-refractivity contribution in [2.45, 2.75) is 26.3 Å². The normalized spacial score (nSPS) is 14.3. The van der Waals surface area contributed by atoms with Crippen molar-refractivity contribution in [1.82, 2.24) is 9.97 Å². The van der Waals surface area contributed by atoms with Crippen molar-refractivity contribution < 1.29 is 14.6 Å². The van der Waals surface area contributed by atoms with Crippen LogP contribution in [0.15, 0.2) is 54.6 Å². The molecule has 168 valence electrons. The summed E-state index contributed by atoms with van der Waals surface area (Å²) in [6, 6.07) is 17.8. The van der Waals surface area contributed by atoms with Gasteiger partial charge in [-0.05, 0) is 67.6 Å². The van der Waals surface area contributed by atoms with Crippen molar-refractivity contribution >= 4 is 11.5 Å². The molecule has 0 bridgehead atoms. The maximum Gasteiger partial charge on any atom is 0.224 e. The molecule has 1 fully saturated rings. The highest BCUT2D eigenvalue weighted by molar-refractivity contribution is 5.49. The fourth-order valence-corrected chi connectivity index (χ4v) is 3.84. The van der Waals surface area contributed by atoms with E-state index in [-0.39, 0.29) is 0 Å². The van der Waals surface area contributed by atoms with Crippen LogP contribution >= 0.6 is 0 Å². The van der Waals surface area contributed by atoms with Crippen molar-refractivity contribution in [2.75, 3.05) is 37.0 Å². The Bertz CT molecular complexity index is 1000. The smallest absolute Gasteiger partial charge is 0.224 e. The molecule has 0 radical (unpaired) electrons. The third-order valence-corrected chi connectivity index (χ3v) is 5.74. The maximum atomic E-state index is 9.32. The lowest BCUT2D eigenvalue weighted by Gasteiger charge is -2.33. The third kappa shape index (κ3) is 5.68. The van der Waals surface area contributed by atoms with Crippen molar-refractivity contribution in [3.8, 4) is 17.4 Å². The first-order chi connectivity index (χ1) is 15.6. The van der Waals surface area contributed by atoms with Crippen LogP contribution in [-0.4, -0.2) is 41.9 Å². The van der Waals surface area contributed by atoms with Crippen LogP contribution in [0.1, 0.15) is 24.2 Å². The molecule has 1 saturated heterocycles. The molecule has 1 aliphatic rings. The molecule has 0 atom stereocenters. The Hall–Kier alpha value is -3.32. The monoisotopic (exact) mass is 434 g/mol. The molecule has 1 aliphatic heterocycles. The number of anilines is 2. The van der Waals surface area contributed by atoms with Gasteiger partial charge in [-0.2, -0.15) is 4.98 Å². The van der Waals surface area contributed by atoms with Crippen LogP contribution in [0.25, 0.3) is 0 Å². The van der Waals surface area contributed by atoms with Gasteiger partial charge in [0.05, 0.1) is 7.11 Å². The molecule has 32 heavy (non-hydrogen) atoms. The predicted octanol–water partition coefficient (Wildman–Crippen LogP) is 4.41. The summed E-state index contributed by atoms with van der Waals surface area (Å²) >= 11 is 0. The number of nitrogens with zero attached hydrogens (tertiary/aromatic N) is 3. The molecular formula is C25H30N4O3. The Balaban J connectivity index is 1.35. The summed E-state index contributed by atoms with van der Waals surface area (Å²) in [6.07, 6.45) is 2.10. The van der Waals surface area contributed by atoms with Crippen molar-refractivity contribution in [3.63, 3.8) is 0 Å². The van der Waals surface area contributed by atoms with Gasteiger partial charge in [0.25, 0.3) is 0 Å². The number of hydrogen-bond donors (Lipinski definition) is 2. The Morgan fingerprint density at radius 2 is 1.69 bits per heavy atom. The zero-order valence-electron chi connectivity index (χ0n) is 18.6. The number of methoxy groups -OCH3 is 1. The van der Waals surface area contributed by atoms with Crippen LogP contribution in [-0.2, 0) is 6.54 Å². The molecular weight excluding hydrogens is 404 g/mol. The number of ether oxygens (including phenoxy) is 2. The van der Waals surface area contributed by atoms with Crippen LogP contribution < -0.4 is 19.7 Å². The quantitative estimate of drug-likeness (QED) is 0.544. The average molecular weight is 435 g/mol. The highest BCUT2D eigenvalue weighted by atomic mass is 16.5. The zero-order valence-corrected chi connectivity index (χ0v) is 18.6. The van der Waals surface area contributed by atoms with Gasteiger partial charge in [0.1, 0.15) is 23.1 Å². The van der Waals surface area contributed by atoms with E-state index in [0.29, 0.717) is 36.5 Å². The van der Waals surface area contributed by atoms with E-state index < -0.39 is 0 Å². The molecule has 4 rings (SSSR count). The number of aryl methyl sites for hydroxylation is 1. The van der Waals surface area contributed by atoms with Gasteiger partial charge in [-0.1, -0.05) is 12.1 Å². The maximum absolute atomic E-state index is 9.32. The molecule has 0 aliphatic carbocycles. The summed E-state index contributed by atoms with van der Waals surface area (Å²) in [4.78, 5) is 11.2. The second-order valence-electron chi connectivity index (χ2n) is 8.05. The highest BCUT2D eigenvalue weighted by Crippen LogP contribution is 2.25. The van der Waals surface area contributed by atoms with E-state index in [0.717, 1.165) is 37.5 Å². The van der Waals surface area contributed by atoms with E-state index in [4.69, 9.17) is 9.47 Å². The van der Waals surface area contributed by atoms with Crippen LogP contribution in [0.5, 0.6) is 17.4 Å². The first kappa shape index (κ1) is 21.9. The topological polar surface area (TPSA) is 79.7 Å². The molecule has 7 nitrogen and oxygen atoms in total. The summed E-state index contributed by atoms with van der Waals surface area (Å²) in [6.45, 7) is 4.81. The molecule has 0 amide bonds. The van der Waals surface area contributed by atoms with Crippen LogP contribution in [0.4, 0.5) is 11.5 Å². The Morgan fingerprint density at radius 1 is 1.00 bits per heavy atom. The minimum Gasteiger partial charge on any atom is -0.497 e. The molecule has 0 saturated carbocycles. The number of nitrogens with one attached hydrogen (secondary N) is 1. The van der Waals surface area contributed by atoms with Crippen molar-refractivity contribution in [2.24, 2.45) is 5.92 Å². The molecule has 2 heterocycles. The Morgan fingerprint density at radius 3 is 2.34 bits per heavy atom. The van der Waals surface area contributed by atoms with E-state index >= 15 is 0 Å². The SMILES string of the molecule is COc1ccc(Oc2cc(NCc3ccc(N4CCC(CO)CC4)cc3)nc(C)n2)cc1. The lowest BCUT2D eigenvalue weighted by atomic mass is 9.97. The summed E-state index contributed by atoms with van der Waals surface area (Å²) in [7, 11) is 1.63. The fraction of sp³-hybridized carbons (Fsp3) is 0.360. The number of rotatable bonds is 8. The number of hydrogen-bond acceptors (Lipinski definition) is 7. The first-order valence-electron chi connectivity index (χ1n) is 11.0. The van der Waals surface area contributed by atoms with E-state index in [2.05, 4.69) is 44.5 Å². The van der Waals surface area contributed by atoms with Gasteiger partial charge < -0.3 is 24.8 Å². The van der Waals surface area contributed by atoms with E-state index in [1.807, 2.05) is 31.2 Å². The second kappa shape index (κ2) is 10.3. The molecule has 2 aromatic carbocycles. The fourth-order valence-electron chi connectivity index (χ4n) is 3.84. The summed E-state index contributed by atoms with van der Waals surface area (Å²) < 4.78 is 11.1. The van der Waals surface area contributed by atoms with E-state index in [1.54, 1.807) is 13.2 Å². The van der Waals surface area contributed by atoms with Gasteiger partial charge in [0, 0.05) is 38.0 Å². The number of piperidine rings is 1. The van der Waals surface area contributed by atoms with E-state index in [1.165, 1.54) is 11.3 Å².